The summed E-state index contributed by atoms with van der Waals surface area (Å²) in [5.74, 6) is -0.127. The van der Waals surface area contributed by atoms with Crippen molar-refractivity contribution in [2.24, 2.45) is 5.73 Å². The first-order valence-corrected chi connectivity index (χ1v) is 9.15. The fraction of sp³-hybridized carbons (Fsp3) is 0.944. The molecule has 0 aromatic rings. The van der Waals surface area contributed by atoms with Crippen LogP contribution in [0.15, 0.2) is 0 Å². The Hall–Kier alpha value is -0.570. The molecule has 0 saturated carbocycles. The highest BCUT2D eigenvalue weighted by Gasteiger charge is 2.08. The van der Waals surface area contributed by atoms with E-state index in [1.54, 1.807) is 0 Å². The number of esters is 1. The van der Waals surface area contributed by atoms with Gasteiger partial charge in [0, 0.05) is 6.42 Å². The first-order valence-electron chi connectivity index (χ1n) is 9.15. The molecule has 2 N–H and O–H groups in total. The smallest absolute Gasteiger partial charge is 0.307 e. The van der Waals surface area contributed by atoms with Crippen LogP contribution in [0.25, 0.3) is 0 Å². The van der Waals surface area contributed by atoms with E-state index in [9.17, 15) is 4.79 Å². The molecule has 1 atom stereocenters. The minimum atomic E-state index is -0.402. The molecule has 0 aromatic heterocycles. The van der Waals surface area contributed by atoms with Crippen LogP contribution in [0.5, 0.6) is 0 Å². The van der Waals surface area contributed by atoms with Gasteiger partial charge in [0.15, 0.2) is 6.23 Å². The SMILES string of the molecule is CCCCCCCCCCCCC(=O)OC(N)CCCC. The van der Waals surface area contributed by atoms with Crippen molar-refractivity contribution in [1.82, 2.24) is 0 Å². The molecule has 21 heavy (non-hydrogen) atoms. The first-order chi connectivity index (χ1) is 10.2. The number of hydrogen-bond acceptors (Lipinski definition) is 3. The normalized spacial score (nSPS) is 12.3. The van der Waals surface area contributed by atoms with Gasteiger partial charge in [-0.15, -0.1) is 0 Å². The second-order valence-electron chi connectivity index (χ2n) is 6.10. The Morgan fingerprint density at radius 1 is 0.810 bits per heavy atom. The average Bonchev–Trinajstić information content (AvgIpc) is 2.47. The Balaban J connectivity index is 3.25. The minimum Gasteiger partial charge on any atom is -0.447 e. The largest absolute Gasteiger partial charge is 0.447 e. The summed E-state index contributed by atoms with van der Waals surface area (Å²) < 4.78 is 5.17. The molecule has 0 radical (unpaired) electrons. The van der Waals surface area contributed by atoms with E-state index < -0.39 is 6.23 Å². The molecule has 126 valence electrons. The lowest BCUT2D eigenvalue weighted by atomic mass is 10.1. The van der Waals surface area contributed by atoms with Crippen molar-refractivity contribution < 1.29 is 9.53 Å². The first kappa shape index (κ1) is 20.4. The predicted octanol–water partition coefficient (Wildman–Crippen LogP) is 5.32. The van der Waals surface area contributed by atoms with Gasteiger partial charge in [-0.05, 0) is 19.3 Å². The predicted molar refractivity (Wildman–Crippen MR) is 90.1 cm³/mol. The number of unbranched alkanes of at least 4 members (excludes halogenated alkanes) is 10. The highest BCUT2D eigenvalue weighted by Crippen LogP contribution is 2.11. The molecule has 0 bridgehead atoms. The van der Waals surface area contributed by atoms with Crippen LogP contribution in [0.3, 0.4) is 0 Å². The van der Waals surface area contributed by atoms with Gasteiger partial charge in [-0.25, -0.2) is 0 Å². The zero-order valence-corrected chi connectivity index (χ0v) is 14.4. The van der Waals surface area contributed by atoms with Crippen molar-refractivity contribution in [2.45, 2.75) is 110 Å². The van der Waals surface area contributed by atoms with Crippen molar-refractivity contribution in [3.05, 3.63) is 0 Å². The summed E-state index contributed by atoms with van der Waals surface area (Å²) in [4.78, 5) is 11.5. The standard InChI is InChI=1S/C18H37NO2/c1-3-5-7-8-9-10-11-12-13-14-16-18(20)21-17(19)15-6-4-2/h17H,3-16,19H2,1-2H3. The molecule has 0 fully saturated rings. The van der Waals surface area contributed by atoms with Gasteiger partial charge in [0.1, 0.15) is 0 Å². The van der Waals surface area contributed by atoms with Crippen LogP contribution in [-0.4, -0.2) is 12.2 Å². The maximum absolute atomic E-state index is 11.5. The molecule has 0 rings (SSSR count). The highest BCUT2D eigenvalue weighted by molar-refractivity contribution is 5.69. The highest BCUT2D eigenvalue weighted by atomic mass is 16.6. The van der Waals surface area contributed by atoms with Crippen molar-refractivity contribution in [2.75, 3.05) is 0 Å². The molecule has 0 aliphatic heterocycles. The Labute approximate surface area is 132 Å². The number of ether oxygens (including phenoxy) is 1. The summed E-state index contributed by atoms with van der Waals surface area (Å²) in [6.45, 7) is 4.36. The molecule has 3 heteroatoms. The number of nitrogens with two attached hydrogens (primary N) is 1. The molecule has 1 unspecified atom stereocenters. The van der Waals surface area contributed by atoms with E-state index >= 15 is 0 Å². The third-order valence-electron chi connectivity index (χ3n) is 3.86. The van der Waals surface area contributed by atoms with Gasteiger partial charge in [-0.1, -0.05) is 78.1 Å². The summed E-state index contributed by atoms with van der Waals surface area (Å²) in [5, 5.41) is 0. The summed E-state index contributed by atoms with van der Waals surface area (Å²) in [5.41, 5.74) is 5.74. The van der Waals surface area contributed by atoms with Crippen molar-refractivity contribution in [3.8, 4) is 0 Å². The van der Waals surface area contributed by atoms with Crippen molar-refractivity contribution >= 4 is 5.97 Å². The monoisotopic (exact) mass is 299 g/mol. The van der Waals surface area contributed by atoms with E-state index in [4.69, 9.17) is 10.5 Å². The van der Waals surface area contributed by atoms with E-state index in [1.165, 1.54) is 51.4 Å². The van der Waals surface area contributed by atoms with E-state index in [2.05, 4.69) is 13.8 Å². The molecule has 0 saturated heterocycles. The lowest BCUT2D eigenvalue weighted by Gasteiger charge is -2.12. The maximum Gasteiger partial charge on any atom is 0.307 e. The average molecular weight is 299 g/mol. The van der Waals surface area contributed by atoms with Crippen LogP contribution in [0, 0.1) is 0 Å². The Morgan fingerprint density at radius 3 is 1.81 bits per heavy atom. The lowest BCUT2D eigenvalue weighted by Crippen LogP contribution is -2.26. The van der Waals surface area contributed by atoms with Crippen LogP contribution >= 0.6 is 0 Å². The Morgan fingerprint density at radius 2 is 1.29 bits per heavy atom. The zero-order chi connectivity index (χ0) is 15.8. The molecule has 0 spiro atoms. The quantitative estimate of drug-likeness (QED) is 0.253. The van der Waals surface area contributed by atoms with Crippen LogP contribution in [0.2, 0.25) is 0 Å². The van der Waals surface area contributed by atoms with Gasteiger partial charge >= 0.3 is 5.97 Å². The van der Waals surface area contributed by atoms with Crippen LogP contribution in [0.1, 0.15) is 104 Å². The molecule has 0 heterocycles. The van der Waals surface area contributed by atoms with Gasteiger partial charge in [0.05, 0.1) is 0 Å². The number of rotatable bonds is 15. The summed E-state index contributed by atoms with van der Waals surface area (Å²) in [7, 11) is 0. The summed E-state index contributed by atoms with van der Waals surface area (Å²) >= 11 is 0. The molecular formula is C18H37NO2. The van der Waals surface area contributed by atoms with Crippen molar-refractivity contribution in [1.29, 1.82) is 0 Å². The van der Waals surface area contributed by atoms with E-state index in [-0.39, 0.29) is 5.97 Å². The van der Waals surface area contributed by atoms with E-state index in [0.29, 0.717) is 6.42 Å². The second-order valence-corrected chi connectivity index (χ2v) is 6.10. The number of carbonyl (C=O) groups excluding carboxylic acids is 1. The fourth-order valence-corrected chi connectivity index (χ4v) is 2.45. The van der Waals surface area contributed by atoms with Crippen LogP contribution in [-0.2, 0) is 9.53 Å². The van der Waals surface area contributed by atoms with Gasteiger partial charge in [-0.2, -0.15) is 0 Å². The number of hydrogen-bond donors (Lipinski definition) is 1. The molecule has 0 aliphatic carbocycles. The van der Waals surface area contributed by atoms with E-state index in [0.717, 1.165) is 32.1 Å². The van der Waals surface area contributed by atoms with Gasteiger partial charge < -0.3 is 4.74 Å². The van der Waals surface area contributed by atoms with Crippen LogP contribution in [0.4, 0.5) is 0 Å². The lowest BCUT2D eigenvalue weighted by molar-refractivity contribution is -0.149. The molecule has 3 nitrogen and oxygen atoms in total. The molecular weight excluding hydrogens is 262 g/mol. The number of carbonyl (C=O) groups is 1. The molecule has 0 aromatic carbocycles. The molecule has 0 aliphatic rings. The topological polar surface area (TPSA) is 52.3 Å². The van der Waals surface area contributed by atoms with Gasteiger partial charge in [-0.3, -0.25) is 10.5 Å². The second kappa shape index (κ2) is 15.8. The van der Waals surface area contributed by atoms with Crippen molar-refractivity contribution in [3.63, 3.8) is 0 Å². The van der Waals surface area contributed by atoms with Gasteiger partial charge in [0.25, 0.3) is 0 Å². The van der Waals surface area contributed by atoms with Crippen LogP contribution < -0.4 is 5.73 Å². The third kappa shape index (κ3) is 15.6. The summed E-state index contributed by atoms with van der Waals surface area (Å²) in [6, 6.07) is 0. The fourth-order valence-electron chi connectivity index (χ4n) is 2.45. The maximum atomic E-state index is 11.5. The zero-order valence-electron chi connectivity index (χ0n) is 14.4. The minimum absolute atomic E-state index is 0.127. The Kier molecular flexibility index (Phi) is 15.4. The Bertz CT molecular complexity index is 231. The summed E-state index contributed by atoms with van der Waals surface area (Å²) in [6.07, 6.45) is 15.8. The van der Waals surface area contributed by atoms with E-state index in [1.807, 2.05) is 0 Å². The molecule has 0 amide bonds. The van der Waals surface area contributed by atoms with Gasteiger partial charge in [0.2, 0.25) is 0 Å². The third-order valence-corrected chi connectivity index (χ3v) is 3.86.